The Kier molecular flexibility index (Phi) is 2.05. The van der Waals surface area contributed by atoms with E-state index >= 15 is 0 Å². The highest BCUT2D eigenvalue weighted by Crippen LogP contribution is 2.33. The monoisotopic (exact) mass is 184 g/mol. The largest absolute Gasteiger partial charge is 0.388 e. The van der Waals surface area contributed by atoms with Crippen LogP contribution in [0.5, 0.6) is 0 Å². The van der Waals surface area contributed by atoms with Gasteiger partial charge in [-0.05, 0) is 6.92 Å². The third-order valence-corrected chi connectivity index (χ3v) is 2.43. The second kappa shape index (κ2) is 2.96. The van der Waals surface area contributed by atoms with Crippen LogP contribution in [0.4, 0.5) is 0 Å². The van der Waals surface area contributed by atoms with Gasteiger partial charge in [-0.15, -0.1) is 5.92 Å². The number of hydrogen-bond donors (Lipinski definition) is 2. The van der Waals surface area contributed by atoms with Crippen LogP contribution in [0.1, 0.15) is 6.92 Å². The van der Waals surface area contributed by atoms with Crippen LogP contribution in [0.25, 0.3) is 0 Å². The van der Waals surface area contributed by atoms with Gasteiger partial charge in [-0.2, -0.15) is 0 Å². The summed E-state index contributed by atoms with van der Waals surface area (Å²) in [6, 6.07) is 0. The number of rotatable bonds is 0. The number of aliphatic hydroxyl groups excluding tert-OH is 1. The molecule has 0 aromatic heterocycles. The van der Waals surface area contributed by atoms with Crippen LogP contribution in [-0.4, -0.2) is 47.3 Å². The van der Waals surface area contributed by atoms with Gasteiger partial charge in [0.25, 0.3) is 0 Å². The second-order valence-corrected chi connectivity index (χ2v) is 3.40. The highest BCUT2D eigenvalue weighted by Gasteiger charge is 2.55. The van der Waals surface area contributed by atoms with Gasteiger partial charge in [0.2, 0.25) is 0 Å². The van der Waals surface area contributed by atoms with E-state index in [0.717, 1.165) is 0 Å². The Bertz CT molecular complexity index is 267. The molecule has 1 unspecified atom stereocenters. The molecule has 0 aliphatic carbocycles. The third kappa shape index (κ3) is 1.25. The van der Waals surface area contributed by atoms with E-state index in [0.29, 0.717) is 0 Å². The first-order chi connectivity index (χ1) is 6.17. The zero-order valence-electron chi connectivity index (χ0n) is 7.36. The first kappa shape index (κ1) is 8.97. The third-order valence-electron chi connectivity index (χ3n) is 2.43. The van der Waals surface area contributed by atoms with E-state index in [1.54, 1.807) is 6.92 Å². The minimum atomic E-state index is -1.24. The lowest BCUT2D eigenvalue weighted by Gasteiger charge is -2.19. The molecule has 4 heteroatoms. The van der Waals surface area contributed by atoms with E-state index in [4.69, 9.17) is 9.47 Å². The molecular formula is C9H12O4. The van der Waals surface area contributed by atoms with E-state index in [1.807, 2.05) is 0 Å². The molecule has 0 saturated carbocycles. The molecule has 4 atom stereocenters. The van der Waals surface area contributed by atoms with Gasteiger partial charge in [0.15, 0.2) is 5.60 Å². The minimum absolute atomic E-state index is 0.111. The summed E-state index contributed by atoms with van der Waals surface area (Å²) in [6.45, 7) is 1.97. The Balaban J connectivity index is 2.21. The number of hydrogen-bond acceptors (Lipinski definition) is 4. The molecular weight excluding hydrogens is 172 g/mol. The van der Waals surface area contributed by atoms with Crippen molar-refractivity contribution in [2.45, 2.75) is 30.8 Å². The van der Waals surface area contributed by atoms with Crippen LogP contribution in [0.2, 0.25) is 0 Å². The average molecular weight is 184 g/mol. The summed E-state index contributed by atoms with van der Waals surface area (Å²) >= 11 is 0. The summed E-state index contributed by atoms with van der Waals surface area (Å²) in [5.74, 6) is 5.29. The Labute approximate surface area is 76.5 Å². The summed E-state index contributed by atoms with van der Waals surface area (Å²) in [6.07, 6.45) is -1.57. The van der Waals surface area contributed by atoms with Crippen molar-refractivity contribution in [3.8, 4) is 11.8 Å². The highest BCUT2D eigenvalue weighted by molar-refractivity contribution is 5.21. The second-order valence-electron chi connectivity index (χ2n) is 3.40. The quantitative estimate of drug-likeness (QED) is 0.469. The van der Waals surface area contributed by atoms with Crippen molar-refractivity contribution in [3.05, 3.63) is 0 Å². The van der Waals surface area contributed by atoms with E-state index in [9.17, 15) is 10.2 Å². The maximum absolute atomic E-state index is 9.94. The number of aliphatic hydroxyl groups is 2. The lowest BCUT2D eigenvalue weighted by Crippen LogP contribution is -2.42. The van der Waals surface area contributed by atoms with Crippen molar-refractivity contribution in [2.75, 3.05) is 13.2 Å². The topological polar surface area (TPSA) is 58.9 Å². The van der Waals surface area contributed by atoms with Gasteiger partial charge >= 0.3 is 0 Å². The van der Waals surface area contributed by atoms with Crippen LogP contribution in [-0.2, 0) is 9.47 Å². The molecule has 2 heterocycles. The summed E-state index contributed by atoms with van der Waals surface area (Å²) in [7, 11) is 0. The van der Waals surface area contributed by atoms with Crippen LogP contribution >= 0.6 is 0 Å². The smallest absolute Gasteiger partial charge is 0.177 e. The number of fused-ring (bicyclic) bond motifs is 1. The van der Waals surface area contributed by atoms with Crippen LogP contribution in [0.3, 0.4) is 0 Å². The molecule has 0 bridgehead atoms. The van der Waals surface area contributed by atoms with Crippen molar-refractivity contribution in [1.82, 2.24) is 0 Å². The molecule has 0 amide bonds. The Morgan fingerprint density at radius 3 is 2.92 bits per heavy atom. The van der Waals surface area contributed by atoms with Crippen molar-refractivity contribution in [2.24, 2.45) is 0 Å². The van der Waals surface area contributed by atoms with Gasteiger partial charge in [-0.25, -0.2) is 0 Å². The van der Waals surface area contributed by atoms with Gasteiger partial charge in [-0.1, -0.05) is 5.92 Å². The lowest BCUT2D eigenvalue weighted by atomic mass is 9.97. The molecule has 2 saturated heterocycles. The SMILES string of the molecule is CC#CC1(O)CO[C@@H]2[C@@H](O)CO[C@@H]21. The molecule has 2 aliphatic heterocycles. The fraction of sp³-hybridized carbons (Fsp3) is 0.778. The fourth-order valence-electron chi connectivity index (χ4n) is 1.83. The minimum Gasteiger partial charge on any atom is -0.388 e. The maximum atomic E-state index is 9.94. The predicted molar refractivity (Wildman–Crippen MR) is 43.9 cm³/mol. The molecule has 0 aromatic carbocycles. The van der Waals surface area contributed by atoms with Crippen molar-refractivity contribution in [1.29, 1.82) is 0 Å². The molecule has 4 nitrogen and oxygen atoms in total. The fourth-order valence-corrected chi connectivity index (χ4v) is 1.83. The molecule has 2 rings (SSSR count). The van der Waals surface area contributed by atoms with Crippen molar-refractivity contribution >= 4 is 0 Å². The van der Waals surface area contributed by atoms with E-state index in [-0.39, 0.29) is 13.2 Å². The van der Waals surface area contributed by atoms with Gasteiger partial charge in [0.05, 0.1) is 13.2 Å². The zero-order chi connectivity index (χ0) is 9.47. The Morgan fingerprint density at radius 2 is 2.23 bits per heavy atom. The molecule has 2 aliphatic rings. The van der Waals surface area contributed by atoms with Crippen LogP contribution < -0.4 is 0 Å². The zero-order valence-corrected chi connectivity index (χ0v) is 7.36. The molecule has 0 radical (unpaired) electrons. The van der Waals surface area contributed by atoms with Crippen molar-refractivity contribution in [3.63, 3.8) is 0 Å². The predicted octanol–water partition coefficient (Wildman–Crippen LogP) is -1.10. The van der Waals surface area contributed by atoms with Crippen molar-refractivity contribution < 1.29 is 19.7 Å². The number of ether oxygens (including phenoxy) is 2. The summed E-state index contributed by atoms with van der Waals surface area (Å²) < 4.78 is 10.5. The maximum Gasteiger partial charge on any atom is 0.177 e. The van der Waals surface area contributed by atoms with E-state index in [1.165, 1.54) is 0 Å². The first-order valence-electron chi connectivity index (χ1n) is 4.25. The standard InChI is InChI=1S/C9H12O4/c1-2-3-9(11)5-13-7-6(10)4-12-8(7)9/h6-8,10-11H,4-5H2,1H3/t6-,7+,8-,9?/m0/s1. The molecule has 2 N–H and O–H groups in total. The van der Waals surface area contributed by atoms with Crippen LogP contribution in [0, 0.1) is 11.8 Å². The Hall–Kier alpha value is -0.600. The Morgan fingerprint density at radius 1 is 1.46 bits per heavy atom. The van der Waals surface area contributed by atoms with Gasteiger partial charge in [-0.3, -0.25) is 0 Å². The summed E-state index contributed by atoms with van der Waals surface area (Å²) in [5.41, 5.74) is -1.24. The average Bonchev–Trinajstić information content (AvgIpc) is 2.58. The molecule has 0 aromatic rings. The van der Waals surface area contributed by atoms with Crippen LogP contribution in [0.15, 0.2) is 0 Å². The highest BCUT2D eigenvalue weighted by atomic mass is 16.6. The first-order valence-corrected chi connectivity index (χ1v) is 4.25. The summed E-state index contributed by atoms with van der Waals surface area (Å²) in [5, 5.41) is 19.3. The van der Waals surface area contributed by atoms with Gasteiger partial charge in [0.1, 0.15) is 18.3 Å². The lowest BCUT2D eigenvalue weighted by molar-refractivity contribution is -0.0327. The van der Waals surface area contributed by atoms with Gasteiger partial charge in [0, 0.05) is 0 Å². The van der Waals surface area contributed by atoms with E-state index < -0.39 is 23.9 Å². The normalized spacial score (nSPS) is 48.4. The van der Waals surface area contributed by atoms with Gasteiger partial charge < -0.3 is 19.7 Å². The molecule has 0 spiro atoms. The summed E-state index contributed by atoms with van der Waals surface area (Å²) in [4.78, 5) is 0. The molecule has 2 fully saturated rings. The molecule has 72 valence electrons. The molecule has 13 heavy (non-hydrogen) atoms. The van der Waals surface area contributed by atoms with E-state index in [2.05, 4.69) is 11.8 Å².